The summed E-state index contributed by atoms with van der Waals surface area (Å²) >= 11 is 0. The summed E-state index contributed by atoms with van der Waals surface area (Å²) in [5.41, 5.74) is 0.616. The Bertz CT molecular complexity index is 951. The molecule has 13 atom stereocenters. The minimum absolute atomic E-state index is 0.00127. The summed E-state index contributed by atoms with van der Waals surface area (Å²) < 4.78 is 24.5. The van der Waals surface area contributed by atoms with Crippen LogP contribution in [0.5, 0.6) is 0 Å². The molecular weight excluding hydrogens is 530 g/mol. The number of carbonyl (C=O) groups excluding carboxylic acids is 1. The molecule has 2 fully saturated rings. The van der Waals surface area contributed by atoms with Crippen molar-refractivity contribution in [1.82, 2.24) is 0 Å². The molecule has 2 aliphatic heterocycles. The second kappa shape index (κ2) is 14.6. The van der Waals surface area contributed by atoms with E-state index in [1.165, 1.54) is 0 Å². The summed E-state index contributed by atoms with van der Waals surface area (Å²) in [6, 6.07) is 8.98. The molecule has 0 radical (unpaired) electrons. The number of nitrogens with one attached hydrogen (secondary N) is 1. The van der Waals surface area contributed by atoms with Gasteiger partial charge in [-0.05, 0) is 24.5 Å². The van der Waals surface area contributed by atoms with Crippen molar-refractivity contribution in [2.45, 2.75) is 96.8 Å². The van der Waals surface area contributed by atoms with Crippen molar-refractivity contribution in [1.29, 1.82) is 0 Å². The van der Waals surface area contributed by atoms with Gasteiger partial charge in [-0.1, -0.05) is 59.7 Å². The van der Waals surface area contributed by atoms with Crippen molar-refractivity contribution in [3.63, 3.8) is 0 Å². The lowest BCUT2D eigenvalue weighted by Gasteiger charge is -2.56. The Morgan fingerprint density at radius 2 is 1.61 bits per heavy atom. The van der Waals surface area contributed by atoms with Crippen LogP contribution in [0, 0.1) is 35.5 Å². The average Bonchev–Trinajstić information content (AvgIpc) is 2.97. The van der Waals surface area contributed by atoms with Gasteiger partial charge in [0, 0.05) is 55.4 Å². The molecule has 2 heterocycles. The molecule has 0 aliphatic carbocycles. The zero-order valence-electron chi connectivity index (χ0n) is 25.5. The van der Waals surface area contributed by atoms with Crippen LogP contribution in [0.3, 0.4) is 0 Å². The normalized spacial score (nSPS) is 34.7. The molecule has 10 nitrogen and oxygen atoms in total. The number of aliphatic hydroxyl groups excluding tert-OH is 4. The number of benzene rings is 1. The highest BCUT2D eigenvalue weighted by molar-refractivity contribution is 5.84. The third-order valence-corrected chi connectivity index (χ3v) is 9.29. The van der Waals surface area contributed by atoms with E-state index in [1.807, 2.05) is 52.8 Å². The standard InChI is InChI=1S/C31H51NO9/c1-17-13-25(34)31(40-28(17)21(5)26(35)18(2)15-33)14-24(38-7)20(4)29(41-31)22(6)27(36)19(3)16-39-30(37)32-23-11-9-8-10-12-23/h8-12,17-22,24-29,33-36H,13-16H2,1-7H3,(H,32,37)/t17-,18-,19-,20+,21-,22+,24+,25-,26-,27-,28-,29-,31+/m0/s1. The quantitative estimate of drug-likeness (QED) is 0.265. The Morgan fingerprint density at radius 3 is 2.22 bits per heavy atom. The van der Waals surface area contributed by atoms with Gasteiger partial charge in [-0.15, -0.1) is 0 Å². The van der Waals surface area contributed by atoms with E-state index < -0.39 is 54.2 Å². The molecule has 234 valence electrons. The average molecular weight is 582 g/mol. The molecule has 10 heteroatoms. The molecule has 1 amide bonds. The van der Waals surface area contributed by atoms with Crippen LogP contribution in [0.4, 0.5) is 10.5 Å². The Balaban J connectivity index is 1.73. The summed E-state index contributed by atoms with van der Waals surface area (Å²) in [6.07, 6.45) is -3.79. The van der Waals surface area contributed by atoms with Crippen LogP contribution in [0.1, 0.15) is 54.4 Å². The lowest BCUT2D eigenvalue weighted by atomic mass is 9.74. The first kappa shape index (κ1) is 33.7. The number of ether oxygens (including phenoxy) is 4. The summed E-state index contributed by atoms with van der Waals surface area (Å²) in [7, 11) is 1.62. The minimum Gasteiger partial charge on any atom is -0.449 e. The molecule has 1 aromatic carbocycles. The van der Waals surface area contributed by atoms with Gasteiger partial charge >= 0.3 is 6.09 Å². The van der Waals surface area contributed by atoms with E-state index in [0.717, 1.165) is 0 Å². The second-order valence-corrected chi connectivity index (χ2v) is 12.5. The maximum Gasteiger partial charge on any atom is 0.411 e. The second-order valence-electron chi connectivity index (χ2n) is 12.5. The number of aliphatic hydroxyl groups is 4. The first-order valence-corrected chi connectivity index (χ1v) is 14.9. The summed E-state index contributed by atoms with van der Waals surface area (Å²) in [4.78, 5) is 12.3. The molecule has 41 heavy (non-hydrogen) atoms. The maximum absolute atomic E-state index is 12.3. The van der Waals surface area contributed by atoms with Crippen LogP contribution >= 0.6 is 0 Å². The van der Waals surface area contributed by atoms with Gasteiger partial charge in [0.2, 0.25) is 0 Å². The van der Waals surface area contributed by atoms with Crippen molar-refractivity contribution < 1.29 is 44.2 Å². The van der Waals surface area contributed by atoms with Gasteiger partial charge in [-0.25, -0.2) is 4.79 Å². The Hall–Kier alpha value is -1.79. The first-order valence-electron chi connectivity index (χ1n) is 14.9. The first-order chi connectivity index (χ1) is 19.3. The predicted octanol–water partition coefficient (Wildman–Crippen LogP) is 3.42. The van der Waals surface area contributed by atoms with Crippen molar-refractivity contribution in [3.05, 3.63) is 30.3 Å². The van der Waals surface area contributed by atoms with Crippen LogP contribution < -0.4 is 5.32 Å². The van der Waals surface area contributed by atoms with Gasteiger partial charge in [0.25, 0.3) is 0 Å². The highest BCUT2D eigenvalue weighted by Gasteiger charge is 2.57. The Labute approximate surface area is 244 Å². The van der Waals surface area contributed by atoms with E-state index in [2.05, 4.69) is 5.32 Å². The molecule has 5 N–H and O–H groups in total. The van der Waals surface area contributed by atoms with Gasteiger partial charge in [-0.3, -0.25) is 5.32 Å². The van der Waals surface area contributed by atoms with Gasteiger partial charge < -0.3 is 39.4 Å². The van der Waals surface area contributed by atoms with E-state index in [9.17, 15) is 25.2 Å². The van der Waals surface area contributed by atoms with E-state index >= 15 is 0 Å². The number of carbonyl (C=O) groups is 1. The SMILES string of the molecule is CO[C@@H]1C[C@]2(O[C@H]([C@H](C)[C@@H](O)[C@@H](C)COC(=O)Nc3ccccc3)[C@@H]1C)O[C@H]([C@@H](C)[C@@H](O)[C@@H](C)CO)[C@@H](C)C[C@@H]2O. The Morgan fingerprint density at radius 1 is 1.02 bits per heavy atom. The number of amides is 1. The van der Waals surface area contributed by atoms with Crippen molar-refractivity contribution in [2.75, 3.05) is 25.6 Å². The van der Waals surface area contributed by atoms with Crippen LogP contribution in [0.15, 0.2) is 30.3 Å². The third kappa shape index (κ3) is 7.79. The molecule has 0 saturated carbocycles. The molecule has 0 aromatic heterocycles. The van der Waals surface area contributed by atoms with Crippen LogP contribution in [0.2, 0.25) is 0 Å². The summed E-state index contributed by atoms with van der Waals surface area (Å²) in [5.74, 6) is -3.03. The van der Waals surface area contributed by atoms with Crippen LogP contribution in [0.25, 0.3) is 0 Å². The van der Waals surface area contributed by atoms with Gasteiger partial charge in [0.1, 0.15) is 6.10 Å². The molecule has 3 rings (SSSR count). The fourth-order valence-corrected chi connectivity index (χ4v) is 6.47. The number of rotatable bonds is 11. The molecule has 0 bridgehead atoms. The van der Waals surface area contributed by atoms with Crippen molar-refractivity contribution in [2.24, 2.45) is 35.5 Å². The lowest BCUT2D eigenvalue weighted by Crippen LogP contribution is -2.65. The fourth-order valence-electron chi connectivity index (χ4n) is 6.47. The zero-order chi connectivity index (χ0) is 30.5. The molecule has 1 spiro atoms. The maximum atomic E-state index is 12.3. The number of anilines is 1. The van der Waals surface area contributed by atoms with Crippen LogP contribution in [-0.2, 0) is 18.9 Å². The van der Waals surface area contributed by atoms with Crippen LogP contribution in [-0.4, -0.2) is 89.3 Å². The summed E-state index contributed by atoms with van der Waals surface area (Å²) in [5, 5.41) is 45.8. The number of para-hydroxylation sites is 1. The third-order valence-electron chi connectivity index (χ3n) is 9.29. The van der Waals surface area contributed by atoms with E-state index in [1.54, 1.807) is 26.2 Å². The summed E-state index contributed by atoms with van der Waals surface area (Å²) in [6.45, 7) is 11.2. The molecule has 1 aromatic rings. The largest absolute Gasteiger partial charge is 0.449 e. The molecule has 2 aliphatic rings. The van der Waals surface area contributed by atoms with Crippen molar-refractivity contribution >= 4 is 11.8 Å². The Kier molecular flexibility index (Phi) is 12.0. The fraction of sp³-hybridized carbons (Fsp3) is 0.774. The van der Waals surface area contributed by atoms with E-state index in [0.29, 0.717) is 18.5 Å². The molecule has 2 saturated heterocycles. The van der Waals surface area contributed by atoms with Gasteiger partial charge in [-0.2, -0.15) is 0 Å². The van der Waals surface area contributed by atoms with Gasteiger partial charge in [0.05, 0.1) is 37.1 Å². The number of hydrogen-bond acceptors (Lipinski definition) is 9. The molecular formula is C31H51NO9. The smallest absolute Gasteiger partial charge is 0.411 e. The van der Waals surface area contributed by atoms with E-state index in [-0.39, 0.29) is 43.0 Å². The zero-order valence-corrected chi connectivity index (χ0v) is 25.5. The molecule has 0 unspecified atom stereocenters. The predicted molar refractivity (Wildman–Crippen MR) is 154 cm³/mol. The topological polar surface area (TPSA) is 147 Å². The van der Waals surface area contributed by atoms with Gasteiger partial charge in [0.15, 0.2) is 5.79 Å². The number of methoxy groups -OCH3 is 1. The van der Waals surface area contributed by atoms with Crippen molar-refractivity contribution in [3.8, 4) is 0 Å². The highest BCUT2D eigenvalue weighted by Crippen LogP contribution is 2.47. The monoisotopic (exact) mass is 581 g/mol. The van der Waals surface area contributed by atoms with E-state index in [4.69, 9.17) is 18.9 Å². The minimum atomic E-state index is -1.38. The number of hydrogen-bond donors (Lipinski definition) is 5. The highest BCUT2D eigenvalue weighted by atomic mass is 16.7. The lowest BCUT2D eigenvalue weighted by molar-refractivity contribution is -0.391.